The van der Waals surface area contributed by atoms with E-state index in [1.54, 1.807) is 11.8 Å². The van der Waals surface area contributed by atoms with Gasteiger partial charge in [-0.05, 0) is 36.8 Å². The van der Waals surface area contributed by atoms with E-state index in [0.717, 1.165) is 21.8 Å². The Balaban J connectivity index is 1.84. The van der Waals surface area contributed by atoms with Crippen LogP contribution in [0, 0.1) is 0 Å². The molecule has 0 saturated carbocycles. The van der Waals surface area contributed by atoms with E-state index in [9.17, 15) is 9.59 Å². The summed E-state index contributed by atoms with van der Waals surface area (Å²) in [6, 6.07) is 15.6. The van der Waals surface area contributed by atoms with E-state index >= 15 is 0 Å². The molecule has 1 atom stereocenters. The van der Waals surface area contributed by atoms with Gasteiger partial charge in [-0.2, -0.15) is 0 Å². The van der Waals surface area contributed by atoms with Gasteiger partial charge >= 0.3 is 0 Å². The molecule has 4 nitrogen and oxygen atoms in total. The minimum atomic E-state index is -0.0938. The van der Waals surface area contributed by atoms with E-state index in [1.165, 1.54) is 6.92 Å². The second-order valence-corrected chi connectivity index (χ2v) is 6.91. The summed E-state index contributed by atoms with van der Waals surface area (Å²) in [7, 11) is 0. The predicted molar refractivity (Wildman–Crippen MR) is 93.7 cm³/mol. The maximum atomic E-state index is 12.6. The van der Waals surface area contributed by atoms with Gasteiger partial charge in [0.15, 0.2) is 0 Å². The quantitative estimate of drug-likeness (QED) is 0.936. The lowest BCUT2D eigenvalue weighted by molar-refractivity contribution is -0.118. The number of thioether (sulfide) groups is 1. The average molecular weight is 326 g/mol. The first kappa shape index (κ1) is 15.6. The van der Waals surface area contributed by atoms with E-state index < -0.39 is 0 Å². The molecule has 0 saturated heterocycles. The molecule has 2 aromatic carbocycles. The van der Waals surface area contributed by atoms with Gasteiger partial charge in [-0.15, -0.1) is 11.8 Å². The molecule has 5 heteroatoms. The number of nitrogens with zero attached hydrogens (tertiary/aromatic N) is 1. The molecule has 2 amide bonds. The van der Waals surface area contributed by atoms with E-state index in [-0.39, 0.29) is 17.1 Å². The number of carbonyl (C=O) groups is 2. The Bertz CT molecular complexity index is 743. The molecule has 0 aromatic heterocycles. The summed E-state index contributed by atoms with van der Waals surface area (Å²) in [4.78, 5) is 26.6. The molecule has 2 aromatic rings. The first-order valence-electron chi connectivity index (χ1n) is 7.48. The standard InChI is InChI=1S/C18H18N2O2S/c1-12-18(22)20(16-5-3-4-6-17(16)23-12)11-14-7-9-15(10-8-14)19-13(2)21/h3-10,12H,11H2,1-2H3,(H,19,21). The number of benzene rings is 2. The van der Waals surface area contributed by atoms with Crippen molar-refractivity contribution < 1.29 is 9.59 Å². The highest BCUT2D eigenvalue weighted by atomic mass is 32.2. The minimum absolute atomic E-state index is 0.0800. The summed E-state index contributed by atoms with van der Waals surface area (Å²) in [5.41, 5.74) is 2.75. The Morgan fingerprint density at radius 1 is 1.17 bits per heavy atom. The van der Waals surface area contributed by atoms with Crippen LogP contribution in [0.5, 0.6) is 0 Å². The first-order valence-corrected chi connectivity index (χ1v) is 8.36. The van der Waals surface area contributed by atoms with Gasteiger partial charge in [0.05, 0.1) is 17.5 Å². The van der Waals surface area contributed by atoms with E-state index in [2.05, 4.69) is 11.4 Å². The number of carbonyl (C=O) groups excluding carboxylic acids is 2. The number of hydrogen-bond acceptors (Lipinski definition) is 3. The molecule has 118 valence electrons. The van der Waals surface area contributed by atoms with Crippen LogP contribution in [-0.2, 0) is 16.1 Å². The minimum Gasteiger partial charge on any atom is -0.326 e. The van der Waals surface area contributed by atoms with Gasteiger partial charge in [0.2, 0.25) is 11.8 Å². The lowest BCUT2D eigenvalue weighted by Crippen LogP contribution is -2.39. The zero-order valence-corrected chi connectivity index (χ0v) is 13.9. The van der Waals surface area contributed by atoms with Crippen molar-refractivity contribution in [3.05, 3.63) is 54.1 Å². The summed E-state index contributed by atoms with van der Waals surface area (Å²) < 4.78 is 0. The van der Waals surface area contributed by atoms with Crippen LogP contribution >= 0.6 is 11.8 Å². The molecule has 0 aliphatic carbocycles. The Labute approximate surface area is 139 Å². The number of rotatable bonds is 3. The van der Waals surface area contributed by atoms with Crippen LogP contribution in [-0.4, -0.2) is 17.1 Å². The molecule has 0 bridgehead atoms. The van der Waals surface area contributed by atoms with Gasteiger partial charge in [-0.25, -0.2) is 0 Å². The van der Waals surface area contributed by atoms with Crippen molar-refractivity contribution in [2.24, 2.45) is 0 Å². The van der Waals surface area contributed by atoms with Gasteiger partial charge < -0.3 is 10.2 Å². The second-order valence-electron chi connectivity index (χ2n) is 5.53. The zero-order chi connectivity index (χ0) is 16.4. The number of hydrogen-bond donors (Lipinski definition) is 1. The maximum absolute atomic E-state index is 12.6. The Kier molecular flexibility index (Phi) is 4.39. The maximum Gasteiger partial charge on any atom is 0.240 e. The van der Waals surface area contributed by atoms with Crippen LogP contribution in [0.3, 0.4) is 0 Å². The van der Waals surface area contributed by atoms with Crippen LogP contribution in [0.15, 0.2) is 53.4 Å². The van der Waals surface area contributed by atoms with Gasteiger partial charge in [0.1, 0.15) is 0 Å². The summed E-state index contributed by atoms with van der Waals surface area (Å²) in [5, 5.41) is 2.66. The second kappa shape index (κ2) is 6.46. The van der Waals surface area contributed by atoms with Crippen molar-refractivity contribution in [3.8, 4) is 0 Å². The van der Waals surface area contributed by atoms with Gasteiger partial charge in [0, 0.05) is 17.5 Å². The largest absolute Gasteiger partial charge is 0.326 e. The summed E-state index contributed by atoms with van der Waals surface area (Å²) in [6.45, 7) is 3.95. The Morgan fingerprint density at radius 2 is 1.87 bits per heavy atom. The molecule has 0 radical (unpaired) electrons. The molecule has 3 rings (SSSR count). The molecule has 0 fully saturated rings. The fraction of sp³-hybridized carbons (Fsp3) is 0.222. The third-order valence-electron chi connectivity index (χ3n) is 3.69. The molecule has 1 unspecified atom stereocenters. The van der Waals surface area contributed by atoms with Crippen LogP contribution in [0.1, 0.15) is 19.4 Å². The predicted octanol–water partition coefficient (Wildman–Crippen LogP) is 3.67. The highest BCUT2D eigenvalue weighted by molar-refractivity contribution is 8.00. The van der Waals surface area contributed by atoms with Crippen molar-refractivity contribution >= 4 is 35.0 Å². The third-order valence-corrected chi connectivity index (χ3v) is 4.84. The number of para-hydroxylation sites is 1. The molecule has 1 aliphatic heterocycles. The zero-order valence-electron chi connectivity index (χ0n) is 13.1. The van der Waals surface area contributed by atoms with Crippen LogP contribution in [0.2, 0.25) is 0 Å². The molecule has 1 aliphatic rings. The topological polar surface area (TPSA) is 49.4 Å². The van der Waals surface area contributed by atoms with E-state index in [0.29, 0.717) is 6.54 Å². The molecule has 1 heterocycles. The summed E-state index contributed by atoms with van der Waals surface area (Å²) >= 11 is 1.60. The first-order chi connectivity index (χ1) is 11.0. The number of fused-ring (bicyclic) bond motifs is 1. The SMILES string of the molecule is CC(=O)Nc1ccc(CN2C(=O)C(C)Sc3ccccc32)cc1. The van der Waals surface area contributed by atoms with Gasteiger partial charge in [-0.1, -0.05) is 24.3 Å². The molecule has 0 spiro atoms. The molecular weight excluding hydrogens is 308 g/mol. The molecule has 1 N–H and O–H groups in total. The number of amides is 2. The lowest BCUT2D eigenvalue weighted by atomic mass is 10.1. The van der Waals surface area contributed by atoms with Crippen molar-refractivity contribution in [1.82, 2.24) is 0 Å². The molecule has 23 heavy (non-hydrogen) atoms. The number of anilines is 2. The average Bonchev–Trinajstić information content (AvgIpc) is 2.53. The molecular formula is C18H18N2O2S. The monoisotopic (exact) mass is 326 g/mol. The number of nitrogens with one attached hydrogen (secondary N) is 1. The van der Waals surface area contributed by atoms with Crippen molar-refractivity contribution in [2.75, 3.05) is 10.2 Å². The summed E-state index contributed by atoms with van der Waals surface area (Å²) in [6.07, 6.45) is 0. The normalized spacial score (nSPS) is 16.9. The highest BCUT2D eigenvalue weighted by Crippen LogP contribution is 2.39. The van der Waals surface area contributed by atoms with E-state index in [1.807, 2.05) is 54.3 Å². The van der Waals surface area contributed by atoms with Crippen LogP contribution in [0.25, 0.3) is 0 Å². The van der Waals surface area contributed by atoms with Crippen LogP contribution in [0.4, 0.5) is 11.4 Å². The van der Waals surface area contributed by atoms with Crippen molar-refractivity contribution in [1.29, 1.82) is 0 Å². The fourth-order valence-electron chi connectivity index (χ4n) is 2.60. The lowest BCUT2D eigenvalue weighted by Gasteiger charge is -2.32. The summed E-state index contributed by atoms with van der Waals surface area (Å²) in [5.74, 6) is 0.0309. The highest BCUT2D eigenvalue weighted by Gasteiger charge is 2.30. The van der Waals surface area contributed by atoms with Crippen molar-refractivity contribution in [3.63, 3.8) is 0 Å². The Hall–Kier alpha value is -2.27. The Morgan fingerprint density at radius 3 is 2.57 bits per heavy atom. The smallest absolute Gasteiger partial charge is 0.240 e. The van der Waals surface area contributed by atoms with Crippen molar-refractivity contribution in [2.45, 2.75) is 30.5 Å². The van der Waals surface area contributed by atoms with E-state index in [4.69, 9.17) is 0 Å². The third kappa shape index (κ3) is 3.40. The van der Waals surface area contributed by atoms with Gasteiger partial charge in [0.25, 0.3) is 0 Å². The fourth-order valence-corrected chi connectivity index (χ4v) is 3.67. The van der Waals surface area contributed by atoms with Gasteiger partial charge in [-0.3, -0.25) is 9.59 Å². The van der Waals surface area contributed by atoms with Crippen LogP contribution < -0.4 is 10.2 Å².